The number of halogens is 1. The van der Waals surface area contributed by atoms with Crippen LogP contribution in [-0.2, 0) is 11.3 Å². The molecule has 3 N–H and O–H groups in total. The molecule has 7 nitrogen and oxygen atoms in total. The maximum Gasteiger partial charge on any atom is 0.225 e. The minimum Gasteiger partial charge on any atom is -0.494 e. The quantitative estimate of drug-likeness (QED) is 0.177. The van der Waals surface area contributed by atoms with E-state index in [4.69, 9.17) is 9.73 Å². The number of guanidine groups is 1. The number of amides is 1. The lowest BCUT2D eigenvalue weighted by Gasteiger charge is -2.26. The summed E-state index contributed by atoms with van der Waals surface area (Å²) in [7, 11) is 4.13. The Morgan fingerprint density at radius 1 is 1.15 bits per heavy atom. The number of carbonyl (C=O) groups excluding carboxylic acids is 1. The van der Waals surface area contributed by atoms with Crippen LogP contribution >= 0.6 is 24.0 Å². The fourth-order valence-electron chi connectivity index (χ4n) is 3.68. The Balaban J connectivity index is 0.00000385. The van der Waals surface area contributed by atoms with Crippen molar-refractivity contribution in [3.05, 3.63) is 59.7 Å². The zero-order valence-corrected chi connectivity index (χ0v) is 22.1. The average molecular weight is 566 g/mol. The van der Waals surface area contributed by atoms with Crippen LogP contribution in [0.25, 0.3) is 0 Å². The third-order valence-electron chi connectivity index (χ3n) is 5.33. The summed E-state index contributed by atoms with van der Waals surface area (Å²) in [6.45, 7) is 5.76. The fourth-order valence-corrected chi connectivity index (χ4v) is 3.68. The van der Waals surface area contributed by atoms with Crippen molar-refractivity contribution >= 4 is 41.5 Å². The molecule has 0 aliphatic carbocycles. The minimum absolute atomic E-state index is 0. The molecule has 0 radical (unpaired) electrons. The molecule has 0 saturated carbocycles. The van der Waals surface area contributed by atoms with Crippen LogP contribution in [0.2, 0.25) is 0 Å². The number of carbonyl (C=O) groups is 1. The van der Waals surface area contributed by atoms with E-state index in [9.17, 15) is 4.79 Å². The number of ether oxygens (including phenoxy) is 1. The summed E-state index contributed by atoms with van der Waals surface area (Å²) >= 11 is 0. The number of nitrogens with zero attached hydrogens (tertiary/aromatic N) is 2. The van der Waals surface area contributed by atoms with Crippen molar-refractivity contribution in [3.8, 4) is 5.75 Å². The molecule has 0 fully saturated rings. The molecule has 1 aliphatic rings. The van der Waals surface area contributed by atoms with Gasteiger partial charge in [-0.25, -0.2) is 4.99 Å². The molecule has 8 heteroatoms. The third-order valence-corrected chi connectivity index (χ3v) is 5.33. The van der Waals surface area contributed by atoms with Gasteiger partial charge >= 0.3 is 0 Å². The number of benzene rings is 2. The van der Waals surface area contributed by atoms with Crippen molar-refractivity contribution in [2.24, 2.45) is 4.99 Å². The van der Waals surface area contributed by atoms with Crippen LogP contribution < -0.4 is 20.7 Å². The number of fused-ring (bicyclic) bond motifs is 1. The molecular formula is C25H36IN5O2. The Kier molecular flexibility index (Phi) is 11.5. The van der Waals surface area contributed by atoms with Crippen LogP contribution in [0.1, 0.15) is 36.8 Å². The van der Waals surface area contributed by atoms with E-state index in [0.717, 1.165) is 48.0 Å². The Labute approximate surface area is 214 Å². The monoisotopic (exact) mass is 565 g/mol. The Hall–Kier alpha value is -2.33. The van der Waals surface area contributed by atoms with Crippen LogP contribution in [0, 0.1) is 0 Å². The first-order chi connectivity index (χ1) is 15.5. The van der Waals surface area contributed by atoms with Crippen molar-refractivity contribution < 1.29 is 9.53 Å². The largest absolute Gasteiger partial charge is 0.494 e. The van der Waals surface area contributed by atoms with Crippen molar-refractivity contribution in [1.29, 1.82) is 0 Å². The summed E-state index contributed by atoms with van der Waals surface area (Å²) in [6, 6.07) is 16.1. The van der Waals surface area contributed by atoms with Gasteiger partial charge in [0.25, 0.3) is 0 Å². The van der Waals surface area contributed by atoms with E-state index in [1.54, 1.807) is 0 Å². The molecule has 1 amide bonds. The standard InChI is InChI=1S/C25H35N5O2.HI/c1-4-26-25(28-18-20-16-24(31)29-23-9-6-5-8-22(20)23)27-17-19-10-12-21(13-11-19)32-15-7-14-30(2)3;/h5-6,8-13,20H,4,7,14-18H2,1-3H3,(H,29,31)(H2,26,27,28);1H. The summed E-state index contributed by atoms with van der Waals surface area (Å²) in [5.74, 6) is 1.81. The van der Waals surface area contributed by atoms with E-state index < -0.39 is 0 Å². The van der Waals surface area contributed by atoms with Crippen molar-refractivity contribution in [2.75, 3.05) is 45.7 Å². The van der Waals surface area contributed by atoms with Crippen molar-refractivity contribution in [1.82, 2.24) is 15.5 Å². The third kappa shape index (κ3) is 8.85. The van der Waals surface area contributed by atoms with Crippen LogP contribution in [0.5, 0.6) is 5.75 Å². The van der Waals surface area contributed by atoms with E-state index in [0.29, 0.717) is 26.1 Å². The second-order valence-electron chi connectivity index (χ2n) is 8.26. The summed E-state index contributed by atoms with van der Waals surface area (Å²) in [5.41, 5.74) is 3.18. The van der Waals surface area contributed by atoms with Crippen molar-refractivity contribution in [3.63, 3.8) is 0 Å². The SMILES string of the molecule is CCNC(=NCc1ccc(OCCCN(C)C)cc1)NCC1CC(=O)Nc2ccccc21.I. The molecule has 0 aromatic heterocycles. The number of hydrogen-bond acceptors (Lipinski definition) is 4. The van der Waals surface area contributed by atoms with Gasteiger partial charge in [-0.1, -0.05) is 30.3 Å². The molecular weight excluding hydrogens is 529 g/mol. The van der Waals surface area contributed by atoms with Gasteiger partial charge in [0.15, 0.2) is 5.96 Å². The Morgan fingerprint density at radius 3 is 2.64 bits per heavy atom. The predicted octanol–water partition coefficient (Wildman–Crippen LogP) is 3.82. The molecule has 1 heterocycles. The highest BCUT2D eigenvalue weighted by Crippen LogP contribution is 2.31. The highest BCUT2D eigenvalue weighted by Gasteiger charge is 2.24. The van der Waals surface area contributed by atoms with E-state index in [-0.39, 0.29) is 35.8 Å². The molecule has 0 saturated heterocycles. The molecule has 33 heavy (non-hydrogen) atoms. The Morgan fingerprint density at radius 2 is 1.91 bits per heavy atom. The minimum atomic E-state index is 0. The highest BCUT2D eigenvalue weighted by molar-refractivity contribution is 14.0. The lowest BCUT2D eigenvalue weighted by molar-refractivity contribution is -0.116. The zero-order valence-electron chi connectivity index (χ0n) is 19.8. The van der Waals surface area contributed by atoms with Crippen LogP contribution in [0.3, 0.4) is 0 Å². The summed E-state index contributed by atoms with van der Waals surface area (Å²) in [6.07, 6.45) is 1.48. The van der Waals surface area contributed by atoms with Gasteiger partial charge in [0.05, 0.1) is 13.2 Å². The number of aliphatic imine (C=N–C) groups is 1. The number of para-hydroxylation sites is 1. The van der Waals surface area contributed by atoms with Gasteiger partial charge in [-0.15, -0.1) is 24.0 Å². The van der Waals surface area contributed by atoms with Gasteiger partial charge in [0, 0.05) is 37.7 Å². The molecule has 1 unspecified atom stereocenters. The zero-order chi connectivity index (χ0) is 22.8. The lowest BCUT2D eigenvalue weighted by Crippen LogP contribution is -2.40. The van der Waals surface area contributed by atoms with Gasteiger partial charge in [0.2, 0.25) is 5.91 Å². The lowest BCUT2D eigenvalue weighted by atomic mass is 9.90. The molecule has 1 aliphatic heterocycles. The van der Waals surface area contributed by atoms with Gasteiger partial charge in [0.1, 0.15) is 5.75 Å². The van der Waals surface area contributed by atoms with Gasteiger partial charge < -0.3 is 25.6 Å². The smallest absolute Gasteiger partial charge is 0.225 e. The van der Waals surface area contributed by atoms with E-state index in [1.165, 1.54) is 0 Å². The average Bonchev–Trinajstić information content (AvgIpc) is 2.79. The molecule has 0 spiro atoms. The first-order valence-corrected chi connectivity index (χ1v) is 11.3. The van der Waals surface area contributed by atoms with Gasteiger partial charge in [-0.2, -0.15) is 0 Å². The van der Waals surface area contributed by atoms with Gasteiger partial charge in [-0.3, -0.25) is 4.79 Å². The van der Waals surface area contributed by atoms with Crippen LogP contribution in [0.15, 0.2) is 53.5 Å². The van der Waals surface area contributed by atoms with Gasteiger partial charge in [-0.05, 0) is 56.8 Å². The Bertz CT molecular complexity index is 902. The molecule has 2 aromatic rings. The maximum atomic E-state index is 12.1. The first kappa shape index (κ1) is 26.9. The number of rotatable bonds is 10. The normalized spacial score (nSPS) is 15.3. The fraction of sp³-hybridized carbons (Fsp3) is 0.440. The van der Waals surface area contributed by atoms with E-state index >= 15 is 0 Å². The summed E-state index contributed by atoms with van der Waals surface area (Å²) in [5, 5.41) is 9.65. The second kappa shape index (κ2) is 14.0. The number of nitrogens with one attached hydrogen (secondary N) is 3. The van der Waals surface area contributed by atoms with E-state index in [1.807, 2.05) is 37.3 Å². The first-order valence-electron chi connectivity index (χ1n) is 11.3. The number of hydrogen-bond donors (Lipinski definition) is 3. The molecule has 0 bridgehead atoms. The number of anilines is 1. The highest BCUT2D eigenvalue weighted by atomic mass is 127. The molecule has 2 aromatic carbocycles. The molecule has 180 valence electrons. The summed E-state index contributed by atoms with van der Waals surface area (Å²) < 4.78 is 5.80. The second-order valence-corrected chi connectivity index (χ2v) is 8.26. The molecule has 1 atom stereocenters. The maximum absolute atomic E-state index is 12.1. The molecule has 3 rings (SSSR count). The van der Waals surface area contributed by atoms with Crippen LogP contribution in [0.4, 0.5) is 5.69 Å². The van der Waals surface area contributed by atoms with Crippen LogP contribution in [-0.4, -0.2) is 57.1 Å². The topological polar surface area (TPSA) is 78.0 Å². The van der Waals surface area contributed by atoms with Crippen molar-refractivity contribution in [2.45, 2.75) is 32.2 Å². The van der Waals surface area contributed by atoms with E-state index in [2.05, 4.69) is 53.1 Å². The predicted molar refractivity (Wildman–Crippen MR) is 146 cm³/mol. The summed E-state index contributed by atoms with van der Waals surface area (Å²) in [4.78, 5) is 18.9.